The Morgan fingerprint density at radius 2 is 1.83 bits per heavy atom. The average molecular weight is 426 g/mol. The molecular formula is C20H25F2N3O3S. The fourth-order valence-electron chi connectivity index (χ4n) is 3.48. The van der Waals surface area contributed by atoms with Gasteiger partial charge < -0.3 is 15.3 Å². The van der Waals surface area contributed by atoms with E-state index in [1.54, 1.807) is 13.0 Å². The van der Waals surface area contributed by atoms with Crippen molar-refractivity contribution in [3.05, 3.63) is 53.6 Å². The van der Waals surface area contributed by atoms with Crippen molar-refractivity contribution in [1.82, 2.24) is 4.72 Å². The molecule has 2 aromatic rings. The van der Waals surface area contributed by atoms with Crippen LogP contribution in [0.1, 0.15) is 31.4 Å². The van der Waals surface area contributed by atoms with E-state index < -0.39 is 27.7 Å². The third-order valence-corrected chi connectivity index (χ3v) is 6.56. The second kappa shape index (κ2) is 8.64. The van der Waals surface area contributed by atoms with Crippen molar-refractivity contribution in [2.75, 3.05) is 30.4 Å². The van der Waals surface area contributed by atoms with E-state index >= 15 is 0 Å². The van der Waals surface area contributed by atoms with Gasteiger partial charge in [0.1, 0.15) is 11.6 Å². The number of hydrogen-bond acceptors (Lipinski definition) is 5. The molecule has 1 unspecified atom stereocenters. The van der Waals surface area contributed by atoms with Gasteiger partial charge in [-0.25, -0.2) is 21.9 Å². The van der Waals surface area contributed by atoms with Crippen LogP contribution in [0.4, 0.5) is 20.2 Å². The number of rotatable bonds is 6. The first-order valence-corrected chi connectivity index (χ1v) is 10.9. The first-order valence-electron chi connectivity index (χ1n) is 9.43. The summed E-state index contributed by atoms with van der Waals surface area (Å²) in [5, 5.41) is 12.7. The van der Waals surface area contributed by atoms with Crippen molar-refractivity contribution in [3.8, 4) is 0 Å². The molecule has 1 atom stereocenters. The highest BCUT2D eigenvalue weighted by Gasteiger charge is 2.22. The standard InChI is InChI=1S/C20H25F2N3O3S/c1-13(24-19-5-4-16(12-18(19)22)29(27,28)23-2)17-11-14(21)3-6-20(17)25-9-7-15(26)8-10-25/h3-6,11-13,15,23-24,26H,7-10H2,1-2H3. The molecule has 158 valence electrons. The third-order valence-electron chi connectivity index (χ3n) is 5.15. The summed E-state index contributed by atoms with van der Waals surface area (Å²) in [7, 11) is -2.49. The van der Waals surface area contributed by atoms with Gasteiger partial charge in [0, 0.05) is 24.3 Å². The maximum atomic E-state index is 14.5. The molecule has 2 aromatic carbocycles. The van der Waals surface area contributed by atoms with Crippen LogP contribution in [-0.2, 0) is 10.0 Å². The molecule has 1 aliphatic rings. The summed E-state index contributed by atoms with van der Waals surface area (Å²) in [6.07, 6.45) is 0.941. The van der Waals surface area contributed by atoms with Crippen molar-refractivity contribution in [3.63, 3.8) is 0 Å². The summed E-state index contributed by atoms with van der Waals surface area (Å²) < 4.78 is 54.2. The highest BCUT2D eigenvalue weighted by molar-refractivity contribution is 7.89. The molecule has 1 heterocycles. The molecule has 6 nitrogen and oxygen atoms in total. The summed E-state index contributed by atoms with van der Waals surface area (Å²) >= 11 is 0. The predicted octanol–water partition coefficient (Wildman–Crippen LogP) is 3.01. The Morgan fingerprint density at radius 1 is 1.14 bits per heavy atom. The number of nitrogens with one attached hydrogen (secondary N) is 2. The zero-order chi connectivity index (χ0) is 21.2. The second-order valence-electron chi connectivity index (χ2n) is 7.14. The largest absolute Gasteiger partial charge is 0.393 e. The highest BCUT2D eigenvalue weighted by atomic mass is 32.2. The van der Waals surface area contributed by atoms with Crippen LogP contribution in [0.3, 0.4) is 0 Å². The molecule has 0 saturated carbocycles. The normalized spacial score (nSPS) is 16.7. The minimum absolute atomic E-state index is 0.122. The van der Waals surface area contributed by atoms with Gasteiger partial charge in [-0.2, -0.15) is 0 Å². The van der Waals surface area contributed by atoms with E-state index in [9.17, 15) is 22.3 Å². The molecule has 29 heavy (non-hydrogen) atoms. The summed E-state index contributed by atoms with van der Waals surface area (Å²) in [4.78, 5) is 1.91. The van der Waals surface area contributed by atoms with Gasteiger partial charge in [0.05, 0.1) is 22.7 Å². The van der Waals surface area contributed by atoms with Crippen LogP contribution in [0.25, 0.3) is 0 Å². The van der Waals surface area contributed by atoms with E-state index in [1.807, 2.05) is 0 Å². The van der Waals surface area contributed by atoms with Gasteiger partial charge in [0.25, 0.3) is 0 Å². The maximum absolute atomic E-state index is 14.5. The molecule has 0 radical (unpaired) electrons. The SMILES string of the molecule is CNS(=O)(=O)c1ccc(NC(C)c2cc(F)ccc2N2CCC(O)CC2)c(F)c1. The molecule has 0 aliphatic carbocycles. The van der Waals surface area contributed by atoms with E-state index in [-0.39, 0.29) is 16.7 Å². The Balaban J connectivity index is 1.86. The van der Waals surface area contributed by atoms with Crippen LogP contribution < -0.4 is 14.9 Å². The highest BCUT2D eigenvalue weighted by Crippen LogP contribution is 2.32. The lowest BCUT2D eigenvalue weighted by atomic mass is 10.0. The van der Waals surface area contributed by atoms with Crippen molar-refractivity contribution in [2.24, 2.45) is 0 Å². The second-order valence-corrected chi connectivity index (χ2v) is 9.02. The van der Waals surface area contributed by atoms with Crippen LogP contribution in [0.15, 0.2) is 41.3 Å². The van der Waals surface area contributed by atoms with Crippen molar-refractivity contribution < 1.29 is 22.3 Å². The van der Waals surface area contributed by atoms with Crippen molar-refractivity contribution >= 4 is 21.4 Å². The fraction of sp³-hybridized carbons (Fsp3) is 0.400. The topological polar surface area (TPSA) is 81.7 Å². The molecule has 1 saturated heterocycles. The van der Waals surface area contributed by atoms with Crippen molar-refractivity contribution in [1.29, 1.82) is 0 Å². The minimum atomic E-state index is -3.74. The van der Waals surface area contributed by atoms with Crippen LogP contribution >= 0.6 is 0 Å². The van der Waals surface area contributed by atoms with Crippen LogP contribution in [0, 0.1) is 11.6 Å². The Bertz CT molecular complexity index is 977. The van der Waals surface area contributed by atoms with Gasteiger partial charge in [0.2, 0.25) is 10.0 Å². The average Bonchev–Trinajstić information content (AvgIpc) is 2.70. The lowest BCUT2D eigenvalue weighted by Gasteiger charge is -2.34. The zero-order valence-corrected chi connectivity index (χ0v) is 17.1. The van der Waals surface area contributed by atoms with Gasteiger partial charge in [-0.05, 0) is 63.2 Å². The monoisotopic (exact) mass is 425 g/mol. The number of aliphatic hydroxyl groups is 1. The Hall–Kier alpha value is -2.23. The number of halogens is 2. The number of piperidine rings is 1. The lowest BCUT2D eigenvalue weighted by Crippen LogP contribution is -2.36. The molecule has 3 N–H and O–H groups in total. The molecule has 3 rings (SSSR count). The molecule has 9 heteroatoms. The minimum Gasteiger partial charge on any atom is -0.393 e. The van der Waals surface area contributed by atoms with E-state index in [0.29, 0.717) is 31.5 Å². The van der Waals surface area contributed by atoms with E-state index in [2.05, 4.69) is 14.9 Å². The summed E-state index contributed by atoms with van der Waals surface area (Å²) in [6, 6.07) is 7.66. The molecule has 0 bridgehead atoms. The van der Waals surface area contributed by atoms with Gasteiger partial charge >= 0.3 is 0 Å². The van der Waals surface area contributed by atoms with Gasteiger partial charge in [-0.15, -0.1) is 0 Å². The number of anilines is 2. The molecule has 0 aromatic heterocycles. The number of sulfonamides is 1. The molecule has 0 spiro atoms. The van der Waals surface area contributed by atoms with Crippen LogP contribution in [0.5, 0.6) is 0 Å². The number of benzene rings is 2. The summed E-state index contributed by atoms with van der Waals surface area (Å²) in [5.41, 5.74) is 1.61. The number of hydrogen-bond donors (Lipinski definition) is 3. The van der Waals surface area contributed by atoms with E-state index in [0.717, 1.165) is 11.8 Å². The summed E-state index contributed by atoms with van der Waals surface area (Å²) in [6.45, 7) is 3.09. The first kappa shape index (κ1) is 21.5. The Labute approximate surface area is 169 Å². The number of aliphatic hydroxyl groups excluding tert-OH is 1. The Kier molecular flexibility index (Phi) is 6.40. The van der Waals surface area contributed by atoms with E-state index in [1.165, 1.54) is 31.3 Å². The molecule has 1 aliphatic heterocycles. The van der Waals surface area contributed by atoms with Crippen molar-refractivity contribution in [2.45, 2.75) is 36.8 Å². The predicted molar refractivity (Wildman–Crippen MR) is 109 cm³/mol. The van der Waals surface area contributed by atoms with Gasteiger partial charge in [-0.3, -0.25) is 0 Å². The van der Waals surface area contributed by atoms with Gasteiger partial charge in [0.15, 0.2) is 0 Å². The molecule has 1 fully saturated rings. The van der Waals surface area contributed by atoms with Crippen LogP contribution in [-0.4, -0.2) is 39.8 Å². The maximum Gasteiger partial charge on any atom is 0.240 e. The van der Waals surface area contributed by atoms with Crippen LogP contribution in [0.2, 0.25) is 0 Å². The first-order chi connectivity index (χ1) is 13.7. The molecular weight excluding hydrogens is 400 g/mol. The quantitative estimate of drug-likeness (QED) is 0.663. The van der Waals surface area contributed by atoms with E-state index in [4.69, 9.17) is 0 Å². The Morgan fingerprint density at radius 3 is 2.45 bits per heavy atom. The van der Waals surface area contributed by atoms with Gasteiger partial charge in [-0.1, -0.05) is 0 Å². The number of nitrogens with zero attached hydrogens (tertiary/aromatic N) is 1. The zero-order valence-electron chi connectivity index (χ0n) is 16.3. The lowest BCUT2D eigenvalue weighted by molar-refractivity contribution is 0.145. The molecule has 0 amide bonds. The summed E-state index contributed by atoms with van der Waals surface area (Å²) in [5.74, 6) is -1.11. The third kappa shape index (κ3) is 4.85. The smallest absolute Gasteiger partial charge is 0.240 e. The fourth-order valence-corrected chi connectivity index (χ4v) is 4.22.